The third kappa shape index (κ3) is 3.03. The summed E-state index contributed by atoms with van der Waals surface area (Å²) in [4.78, 5) is 6.43. The van der Waals surface area contributed by atoms with E-state index in [1.807, 2.05) is 19.9 Å². The minimum Gasteiger partial charge on any atom is -0.338 e. The average molecular weight is 326 g/mol. The van der Waals surface area contributed by atoms with Crippen LogP contribution in [0.3, 0.4) is 0 Å². The summed E-state index contributed by atoms with van der Waals surface area (Å²) >= 11 is 1.62. The molecule has 0 N–H and O–H groups in total. The molecule has 2 aromatic heterocycles. The molecule has 3 rings (SSSR count). The fraction of sp³-hybridized carbons (Fsp3) is 0.571. The number of hydrogen-bond acceptors (Lipinski definition) is 6. The Bertz CT molecular complexity index is 757. The normalized spacial score (nSPS) is 17.1. The van der Waals surface area contributed by atoms with Crippen LogP contribution in [-0.4, -0.2) is 18.6 Å². The molecule has 0 radical (unpaired) electrons. The molecule has 2 aromatic rings. The first-order valence-corrected chi connectivity index (χ1v) is 9.51. The van der Waals surface area contributed by atoms with Crippen LogP contribution >= 0.6 is 11.3 Å². The third-order valence-corrected chi connectivity index (χ3v) is 6.79. The van der Waals surface area contributed by atoms with Gasteiger partial charge in [-0.2, -0.15) is 4.98 Å². The highest BCUT2D eigenvalue weighted by atomic mass is 32.2. The second-order valence-electron chi connectivity index (χ2n) is 5.65. The van der Waals surface area contributed by atoms with Gasteiger partial charge in [0.2, 0.25) is 5.89 Å². The first-order valence-electron chi connectivity index (χ1n) is 6.98. The van der Waals surface area contributed by atoms with Crippen molar-refractivity contribution >= 4 is 21.2 Å². The van der Waals surface area contributed by atoms with E-state index in [1.54, 1.807) is 18.3 Å². The first kappa shape index (κ1) is 14.7. The zero-order valence-corrected chi connectivity index (χ0v) is 13.9. The molecule has 0 amide bonds. The van der Waals surface area contributed by atoms with E-state index in [1.165, 1.54) is 0 Å². The van der Waals surface area contributed by atoms with Crippen LogP contribution in [-0.2, 0) is 15.6 Å². The summed E-state index contributed by atoms with van der Waals surface area (Å²) in [6.07, 6.45) is 2.13. The molecular formula is C14H18N2O3S2. The molecule has 1 aliphatic rings. The summed E-state index contributed by atoms with van der Waals surface area (Å²) in [5, 5.41) is 3.13. The first-order chi connectivity index (χ1) is 9.87. The zero-order chi connectivity index (χ0) is 15.2. The fourth-order valence-electron chi connectivity index (χ4n) is 2.24. The number of aromatic nitrogens is 2. The lowest BCUT2D eigenvalue weighted by Gasteiger charge is -2.08. The van der Waals surface area contributed by atoms with Gasteiger partial charge in [0.05, 0.1) is 5.75 Å². The summed E-state index contributed by atoms with van der Waals surface area (Å²) in [6.45, 7) is 5.55. The maximum absolute atomic E-state index is 12.5. The Morgan fingerprint density at radius 2 is 2.14 bits per heavy atom. The molecule has 1 atom stereocenters. The standard InChI is InChI=1S/C14H18N2O3S2/c1-8-6-12(9(2)20-8)7-21(17,18)10(3)14-15-13(16-19-14)11-4-5-11/h6,10-11H,4-5,7H2,1-3H3/t10-/m1/s1. The van der Waals surface area contributed by atoms with E-state index in [9.17, 15) is 8.42 Å². The van der Waals surface area contributed by atoms with Gasteiger partial charge in [-0.15, -0.1) is 11.3 Å². The maximum atomic E-state index is 12.5. The largest absolute Gasteiger partial charge is 0.338 e. The SMILES string of the molecule is Cc1cc(CS(=O)(=O)[C@H](C)c2nc(C3CC3)no2)c(C)s1. The quantitative estimate of drug-likeness (QED) is 0.843. The molecule has 0 bridgehead atoms. The second-order valence-corrected chi connectivity index (χ2v) is 9.43. The van der Waals surface area contributed by atoms with Gasteiger partial charge >= 0.3 is 0 Å². The van der Waals surface area contributed by atoms with Crippen LogP contribution < -0.4 is 0 Å². The molecule has 0 spiro atoms. The van der Waals surface area contributed by atoms with Crippen molar-refractivity contribution in [2.75, 3.05) is 0 Å². The second kappa shape index (κ2) is 5.21. The molecule has 0 unspecified atom stereocenters. The summed E-state index contributed by atoms with van der Waals surface area (Å²) in [6, 6.07) is 1.94. The van der Waals surface area contributed by atoms with Gasteiger partial charge in [0.15, 0.2) is 15.7 Å². The highest BCUT2D eigenvalue weighted by Gasteiger charge is 2.33. The number of hydrogen-bond donors (Lipinski definition) is 0. The van der Waals surface area contributed by atoms with Crippen molar-refractivity contribution in [3.8, 4) is 0 Å². The molecule has 1 saturated carbocycles. The van der Waals surface area contributed by atoms with Crippen molar-refractivity contribution in [2.24, 2.45) is 0 Å². The Hall–Kier alpha value is -1.21. The van der Waals surface area contributed by atoms with E-state index in [0.29, 0.717) is 11.7 Å². The Balaban J connectivity index is 1.81. The minimum absolute atomic E-state index is 0.0193. The van der Waals surface area contributed by atoms with Crippen LogP contribution in [0, 0.1) is 13.8 Å². The van der Waals surface area contributed by atoms with Gasteiger partial charge in [0.25, 0.3) is 0 Å². The molecule has 5 nitrogen and oxygen atoms in total. The summed E-state index contributed by atoms with van der Waals surface area (Å²) < 4.78 is 30.2. The number of aryl methyl sites for hydroxylation is 2. The summed E-state index contributed by atoms with van der Waals surface area (Å²) in [5.41, 5.74) is 0.867. The number of nitrogens with zero attached hydrogens (tertiary/aromatic N) is 2. The lowest BCUT2D eigenvalue weighted by molar-refractivity contribution is 0.371. The molecule has 7 heteroatoms. The lowest BCUT2D eigenvalue weighted by Crippen LogP contribution is -2.13. The molecule has 1 fully saturated rings. The fourth-order valence-corrected chi connectivity index (χ4v) is 4.67. The van der Waals surface area contributed by atoms with E-state index in [0.717, 1.165) is 28.2 Å². The molecule has 0 aliphatic heterocycles. The maximum Gasteiger partial charge on any atom is 0.244 e. The van der Waals surface area contributed by atoms with Gasteiger partial charge in [-0.25, -0.2) is 8.42 Å². The number of rotatable bonds is 5. The number of sulfone groups is 1. The van der Waals surface area contributed by atoms with E-state index in [2.05, 4.69) is 10.1 Å². The van der Waals surface area contributed by atoms with Crippen molar-refractivity contribution in [2.45, 2.75) is 50.5 Å². The van der Waals surface area contributed by atoms with Gasteiger partial charge < -0.3 is 4.52 Å². The molecule has 21 heavy (non-hydrogen) atoms. The zero-order valence-electron chi connectivity index (χ0n) is 12.3. The Morgan fingerprint density at radius 3 is 2.71 bits per heavy atom. The molecule has 0 saturated heterocycles. The van der Waals surface area contributed by atoms with Gasteiger partial charge in [-0.05, 0) is 45.2 Å². The van der Waals surface area contributed by atoms with Crippen molar-refractivity contribution in [1.82, 2.24) is 10.1 Å². The Labute approximate surface area is 128 Å². The van der Waals surface area contributed by atoms with Gasteiger partial charge in [0.1, 0.15) is 5.25 Å². The minimum atomic E-state index is -3.36. The Morgan fingerprint density at radius 1 is 1.43 bits per heavy atom. The van der Waals surface area contributed by atoms with Crippen LogP contribution in [0.15, 0.2) is 10.6 Å². The van der Waals surface area contributed by atoms with Crippen molar-refractivity contribution in [3.05, 3.63) is 33.1 Å². The van der Waals surface area contributed by atoms with Gasteiger partial charge in [0, 0.05) is 15.7 Å². The van der Waals surface area contributed by atoms with Gasteiger partial charge in [-0.3, -0.25) is 0 Å². The van der Waals surface area contributed by atoms with Crippen LogP contribution in [0.2, 0.25) is 0 Å². The van der Waals surface area contributed by atoms with E-state index in [4.69, 9.17) is 4.52 Å². The van der Waals surface area contributed by atoms with E-state index < -0.39 is 15.1 Å². The smallest absolute Gasteiger partial charge is 0.244 e. The van der Waals surface area contributed by atoms with Crippen molar-refractivity contribution in [1.29, 1.82) is 0 Å². The monoisotopic (exact) mass is 326 g/mol. The molecule has 0 aromatic carbocycles. The summed E-state index contributed by atoms with van der Waals surface area (Å²) in [7, 11) is -3.36. The van der Waals surface area contributed by atoms with Crippen LogP contribution in [0.5, 0.6) is 0 Å². The van der Waals surface area contributed by atoms with Gasteiger partial charge in [-0.1, -0.05) is 5.16 Å². The molecule has 114 valence electrons. The summed E-state index contributed by atoms with van der Waals surface area (Å²) in [5.74, 6) is 1.24. The van der Waals surface area contributed by atoms with Crippen LogP contribution in [0.4, 0.5) is 0 Å². The lowest BCUT2D eigenvalue weighted by atomic mass is 10.3. The predicted molar refractivity (Wildman–Crippen MR) is 81.1 cm³/mol. The molecular weight excluding hydrogens is 308 g/mol. The highest BCUT2D eigenvalue weighted by Crippen LogP contribution is 2.39. The van der Waals surface area contributed by atoms with Crippen molar-refractivity contribution < 1.29 is 12.9 Å². The van der Waals surface area contributed by atoms with Crippen LogP contribution in [0.1, 0.15) is 58.0 Å². The molecule has 1 aliphatic carbocycles. The highest BCUT2D eigenvalue weighted by molar-refractivity contribution is 7.90. The molecule has 2 heterocycles. The topological polar surface area (TPSA) is 73.1 Å². The third-order valence-electron chi connectivity index (χ3n) is 3.79. The number of thiophene rings is 1. The predicted octanol–water partition coefficient (Wildman–Crippen LogP) is 3.30. The van der Waals surface area contributed by atoms with E-state index in [-0.39, 0.29) is 11.6 Å². The van der Waals surface area contributed by atoms with Crippen LogP contribution in [0.25, 0.3) is 0 Å². The Kier molecular flexibility index (Phi) is 3.65. The average Bonchev–Trinajstić information content (AvgIpc) is 3.06. The van der Waals surface area contributed by atoms with E-state index >= 15 is 0 Å². The van der Waals surface area contributed by atoms with Crippen molar-refractivity contribution in [3.63, 3.8) is 0 Å².